The fourth-order valence-corrected chi connectivity index (χ4v) is 3.42. The van der Waals surface area contributed by atoms with Crippen molar-refractivity contribution in [3.8, 4) is 5.75 Å². The van der Waals surface area contributed by atoms with Crippen LogP contribution in [-0.4, -0.2) is 5.91 Å². The summed E-state index contributed by atoms with van der Waals surface area (Å²) in [6, 6.07) is 13.3. The SMILES string of the molecule is Cc1cc(OCc2csc(C(=O)Nc3cccc(C)c3C)c2)ccc1Cl. The van der Waals surface area contributed by atoms with E-state index in [1.807, 2.05) is 68.6 Å². The van der Waals surface area contributed by atoms with Crippen LogP contribution >= 0.6 is 22.9 Å². The quantitative estimate of drug-likeness (QED) is 0.571. The maximum Gasteiger partial charge on any atom is 0.265 e. The Balaban J connectivity index is 1.64. The number of halogens is 1. The Hall–Kier alpha value is -2.30. The van der Waals surface area contributed by atoms with E-state index in [2.05, 4.69) is 5.32 Å². The molecule has 0 saturated carbocycles. The second-order valence-electron chi connectivity index (χ2n) is 6.22. The first kappa shape index (κ1) is 18.5. The lowest BCUT2D eigenvalue weighted by Gasteiger charge is -2.09. The standard InChI is InChI=1S/C21H20ClNO2S/c1-13-5-4-6-19(15(13)3)23-21(24)20-10-16(12-26-20)11-25-17-7-8-18(22)14(2)9-17/h4-10,12H,11H2,1-3H3,(H,23,24). The van der Waals surface area contributed by atoms with E-state index >= 15 is 0 Å². The second-order valence-corrected chi connectivity index (χ2v) is 7.54. The summed E-state index contributed by atoms with van der Waals surface area (Å²) in [5.41, 5.74) is 5.02. The number of nitrogens with one attached hydrogen (secondary N) is 1. The third kappa shape index (κ3) is 4.26. The van der Waals surface area contributed by atoms with Crippen LogP contribution in [0.3, 0.4) is 0 Å². The Morgan fingerprint density at radius 1 is 1.12 bits per heavy atom. The molecule has 0 aliphatic heterocycles. The molecule has 0 aliphatic rings. The summed E-state index contributed by atoms with van der Waals surface area (Å²) in [6.45, 7) is 6.39. The number of thiophene rings is 1. The van der Waals surface area contributed by atoms with E-state index in [0.29, 0.717) is 11.5 Å². The fraction of sp³-hybridized carbons (Fsp3) is 0.190. The van der Waals surface area contributed by atoms with Crippen LogP contribution in [0.25, 0.3) is 0 Å². The number of benzene rings is 2. The molecule has 134 valence electrons. The number of ether oxygens (including phenoxy) is 1. The lowest BCUT2D eigenvalue weighted by molar-refractivity contribution is 0.103. The fourth-order valence-electron chi connectivity index (χ4n) is 2.51. The molecule has 26 heavy (non-hydrogen) atoms. The average molecular weight is 386 g/mol. The predicted molar refractivity (Wildman–Crippen MR) is 109 cm³/mol. The van der Waals surface area contributed by atoms with Gasteiger partial charge in [0.05, 0.1) is 4.88 Å². The topological polar surface area (TPSA) is 38.3 Å². The van der Waals surface area contributed by atoms with E-state index in [4.69, 9.17) is 16.3 Å². The lowest BCUT2D eigenvalue weighted by Crippen LogP contribution is -2.11. The number of amides is 1. The van der Waals surface area contributed by atoms with Crippen molar-refractivity contribution < 1.29 is 9.53 Å². The van der Waals surface area contributed by atoms with Crippen molar-refractivity contribution in [1.82, 2.24) is 0 Å². The van der Waals surface area contributed by atoms with Crippen LogP contribution in [0.5, 0.6) is 5.75 Å². The molecule has 3 aromatic rings. The molecule has 2 aromatic carbocycles. The number of rotatable bonds is 5. The van der Waals surface area contributed by atoms with Crippen molar-refractivity contribution in [1.29, 1.82) is 0 Å². The summed E-state index contributed by atoms with van der Waals surface area (Å²) >= 11 is 7.44. The molecule has 1 aromatic heterocycles. The maximum absolute atomic E-state index is 12.5. The monoisotopic (exact) mass is 385 g/mol. The molecular weight excluding hydrogens is 366 g/mol. The van der Waals surface area contributed by atoms with E-state index in [9.17, 15) is 4.79 Å². The van der Waals surface area contributed by atoms with Gasteiger partial charge in [-0.15, -0.1) is 11.3 Å². The van der Waals surface area contributed by atoms with Gasteiger partial charge in [-0.05, 0) is 73.2 Å². The molecule has 0 fully saturated rings. The Morgan fingerprint density at radius 2 is 1.92 bits per heavy atom. The minimum atomic E-state index is -0.0997. The summed E-state index contributed by atoms with van der Waals surface area (Å²) in [5.74, 6) is 0.664. The van der Waals surface area contributed by atoms with E-state index in [0.717, 1.165) is 38.7 Å². The number of hydrogen-bond donors (Lipinski definition) is 1. The molecule has 0 aliphatic carbocycles. The normalized spacial score (nSPS) is 10.6. The number of aryl methyl sites for hydroxylation is 2. The minimum Gasteiger partial charge on any atom is -0.489 e. The highest BCUT2D eigenvalue weighted by molar-refractivity contribution is 7.12. The predicted octanol–water partition coefficient (Wildman–Crippen LogP) is 6.16. The van der Waals surface area contributed by atoms with E-state index in [-0.39, 0.29) is 5.91 Å². The molecule has 0 radical (unpaired) electrons. The van der Waals surface area contributed by atoms with Crippen LogP contribution in [0.4, 0.5) is 5.69 Å². The van der Waals surface area contributed by atoms with E-state index < -0.39 is 0 Å². The van der Waals surface area contributed by atoms with Gasteiger partial charge < -0.3 is 10.1 Å². The van der Waals surface area contributed by atoms with E-state index in [1.54, 1.807) is 0 Å². The summed E-state index contributed by atoms with van der Waals surface area (Å²) in [6.07, 6.45) is 0. The maximum atomic E-state index is 12.5. The van der Waals surface area contributed by atoms with Gasteiger partial charge in [0.25, 0.3) is 5.91 Å². The molecule has 3 rings (SSSR count). The van der Waals surface area contributed by atoms with Gasteiger partial charge in [-0.2, -0.15) is 0 Å². The molecule has 0 spiro atoms. The molecule has 0 atom stereocenters. The third-order valence-electron chi connectivity index (χ3n) is 4.27. The number of hydrogen-bond acceptors (Lipinski definition) is 3. The van der Waals surface area contributed by atoms with Gasteiger partial charge in [0.1, 0.15) is 12.4 Å². The second kappa shape index (κ2) is 7.94. The number of carbonyl (C=O) groups excluding carboxylic acids is 1. The van der Waals surface area contributed by atoms with Crippen molar-refractivity contribution in [2.75, 3.05) is 5.32 Å². The van der Waals surface area contributed by atoms with Crippen LogP contribution in [0.15, 0.2) is 47.8 Å². The van der Waals surface area contributed by atoms with Crippen LogP contribution in [0, 0.1) is 20.8 Å². The Kier molecular flexibility index (Phi) is 5.64. The van der Waals surface area contributed by atoms with Crippen LogP contribution in [-0.2, 0) is 6.61 Å². The molecule has 5 heteroatoms. The Morgan fingerprint density at radius 3 is 2.69 bits per heavy atom. The first-order chi connectivity index (χ1) is 12.4. The minimum absolute atomic E-state index is 0.0997. The highest BCUT2D eigenvalue weighted by atomic mass is 35.5. The largest absolute Gasteiger partial charge is 0.489 e. The van der Waals surface area contributed by atoms with Gasteiger partial charge in [-0.1, -0.05) is 23.7 Å². The smallest absolute Gasteiger partial charge is 0.265 e. The van der Waals surface area contributed by atoms with Crippen molar-refractivity contribution in [3.05, 3.63) is 80.0 Å². The summed E-state index contributed by atoms with van der Waals surface area (Å²) < 4.78 is 5.79. The lowest BCUT2D eigenvalue weighted by atomic mass is 10.1. The van der Waals surface area contributed by atoms with Crippen molar-refractivity contribution in [3.63, 3.8) is 0 Å². The molecule has 0 unspecified atom stereocenters. The van der Waals surface area contributed by atoms with Crippen LogP contribution < -0.4 is 10.1 Å². The zero-order valence-electron chi connectivity index (χ0n) is 14.9. The van der Waals surface area contributed by atoms with Gasteiger partial charge in [0, 0.05) is 16.3 Å². The molecule has 1 amide bonds. The third-order valence-corrected chi connectivity index (χ3v) is 5.67. The summed E-state index contributed by atoms with van der Waals surface area (Å²) in [7, 11) is 0. The van der Waals surface area contributed by atoms with Gasteiger partial charge in [0.15, 0.2) is 0 Å². The average Bonchev–Trinajstić information content (AvgIpc) is 3.09. The molecule has 1 N–H and O–H groups in total. The highest BCUT2D eigenvalue weighted by Crippen LogP contribution is 2.24. The van der Waals surface area contributed by atoms with Crippen molar-refractivity contribution in [2.45, 2.75) is 27.4 Å². The van der Waals surface area contributed by atoms with Crippen LogP contribution in [0.1, 0.15) is 31.9 Å². The number of carbonyl (C=O) groups is 1. The Labute approximate surface area is 162 Å². The Bertz CT molecular complexity index is 949. The van der Waals surface area contributed by atoms with E-state index in [1.165, 1.54) is 11.3 Å². The zero-order chi connectivity index (χ0) is 18.7. The molecule has 3 nitrogen and oxygen atoms in total. The molecule has 1 heterocycles. The van der Waals surface area contributed by atoms with Crippen LogP contribution in [0.2, 0.25) is 5.02 Å². The van der Waals surface area contributed by atoms with Gasteiger partial charge in [-0.25, -0.2) is 0 Å². The number of anilines is 1. The van der Waals surface area contributed by atoms with Gasteiger partial charge in [0.2, 0.25) is 0 Å². The zero-order valence-corrected chi connectivity index (χ0v) is 16.5. The first-order valence-corrected chi connectivity index (χ1v) is 9.53. The summed E-state index contributed by atoms with van der Waals surface area (Å²) in [4.78, 5) is 13.2. The first-order valence-electron chi connectivity index (χ1n) is 8.28. The van der Waals surface area contributed by atoms with Gasteiger partial charge in [-0.3, -0.25) is 4.79 Å². The molecule has 0 bridgehead atoms. The highest BCUT2D eigenvalue weighted by Gasteiger charge is 2.12. The molecular formula is C21H20ClNO2S. The molecule has 0 saturated heterocycles. The van der Waals surface area contributed by atoms with Crippen molar-refractivity contribution in [2.24, 2.45) is 0 Å². The van der Waals surface area contributed by atoms with Crippen molar-refractivity contribution >= 4 is 34.5 Å². The van der Waals surface area contributed by atoms with Gasteiger partial charge >= 0.3 is 0 Å². The summed E-state index contributed by atoms with van der Waals surface area (Å²) in [5, 5.41) is 5.65.